The van der Waals surface area contributed by atoms with Crippen LogP contribution in [0.1, 0.15) is 17.0 Å². The molecule has 0 fully saturated rings. The van der Waals surface area contributed by atoms with Crippen molar-refractivity contribution in [3.8, 4) is 11.5 Å². The predicted molar refractivity (Wildman–Crippen MR) is 104 cm³/mol. The summed E-state index contributed by atoms with van der Waals surface area (Å²) in [5.41, 5.74) is 1.98. The van der Waals surface area contributed by atoms with Gasteiger partial charge < -0.3 is 14.8 Å². The molecule has 136 valence electrons. The number of benzene rings is 2. The van der Waals surface area contributed by atoms with Crippen molar-refractivity contribution < 1.29 is 14.3 Å². The second-order valence-corrected chi connectivity index (χ2v) is 6.97. The lowest BCUT2D eigenvalue weighted by Crippen LogP contribution is -2.25. The van der Waals surface area contributed by atoms with Gasteiger partial charge in [-0.25, -0.2) is 4.98 Å². The molecule has 0 saturated carbocycles. The van der Waals surface area contributed by atoms with Crippen molar-refractivity contribution in [2.24, 2.45) is 0 Å². The maximum absolute atomic E-state index is 12.1. The topological polar surface area (TPSA) is 60.5 Å². The van der Waals surface area contributed by atoms with Crippen LogP contribution in [0.2, 0.25) is 0 Å². The Bertz CT molecular complexity index is 859. The lowest BCUT2D eigenvalue weighted by molar-refractivity contribution is -0.121. The molecule has 0 spiro atoms. The van der Waals surface area contributed by atoms with Crippen LogP contribution >= 0.6 is 11.3 Å². The van der Waals surface area contributed by atoms with E-state index in [-0.39, 0.29) is 5.91 Å². The standard InChI is InChI=1S/C20H22N2O3S/c1-24-15-8-9-17(25-2)14(13-15)7-10-19(23)21-12-11-20-22-16-5-3-4-6-18(16)26-20/h3-6,8-9,13H,7,10-12H2,1-2H3,(H,21,23). The Labute approximate surface area is 157 Å². The number of methoxy groups -OCH3 is 2. The Hall–Kier alpha value is -2.60. The van der Waals surface area contributed by atoms with Crippen LogP contribution < -0.4 is 14.8 Å². The molecule has 0 bridgehead atoms. The monoisotopic (exact) mass is 370 g/mol. The highest BCUT2D eigenvalue weighted by atomic mass is 32.1. The van der Waals surface area contributed by atoms with E-state index >= 15 is 0 Å². The number of fused-ring (bicyclic) bond motifs is 1. The van der Waals surface area contributed by atoms with Crippen LogP contribution in [0.15, 0.2) is 42.5 Å². The van der Waals surface area contributed by atoms with Crippen molar-refractivity contribution in [1.29, 1.82) is 0 Å². The van der Waals surface area contributed by atoms with Gasteiger partial charge >= 0.3 is 0 Å². The van der Waals surface area contributed by atoms with Crippen LogP contribution in [0, 0.1) is 0 Å². The summed E-state index contributed by atoms with van der Waals surface area (Å²) in [7, 11) is 3.25. The highest BCUT2D eigenvalue weighted by molar-refractivity contribution is 7.18. The molecule has 6 heteroatoms. The van der Waals surface area contributed by atoms with Gasteiger partial charge in [-0.05, 0) is 42.3 Å². The van der Waals surface area contributed by atoms with Crippen molar-refractivity contribution in [3.05, 3.63) is 53.0 Å². The number of hydrogen-bond donors (Lipinski definition) is 1. The third-order valence-electron chi connectivity index (χ3n) is 4.11. The third-order valence-corrected chi connectivity index (χ3v) is 5.20. The molecule has 1 heterocycles. The fourth-order valence-corrected chi connectivity index (χ4v) is 3.72. The molecule has 0 radical (unpaired) electrons. The average Bonchev–Trinajstić information content (AvgIpc) is 3.08. The van der Waals surface area contributed by atoms with E-state index in [9.17, 15) is 4.79 Å². The molecule has 26 heavy (non-hydrogen) atoms. The van der Waals surface area contributed by atoms with Crippen LogP contribution in [-0.4, -0.2) is 31.7 Å². The maximum atomic E-state index is 12.1. The number of para-hydroxylation sites is 1. The Morgan fingerprint density at radius 3 is 2.73 bits per heavy atom. The number of nitrogens with zero attached hydrogens (tertiary/aromatic N) is 1. The minimum atomic E-state index is 0.0241. The van der Waals surface area contributed by atoms with Crippen molar-refractivity contribution in [3.63, 3.8) is 0 Å². The summed E-state index contributed by atoms with van der Waals surface area (Å²) in [4.78, 5) is 16.7. The van der Waals surface area contributed by atoms with Gasteiger partial charge in [0.05, 0.1) is 29.4 Å². The van der Waals surface area contributed by atoms with Gasteiger partial charge in [0.15, 0.2) is 0 Å². The van der Waals surface area contributed by atoms with Gasteiger partial charge in [0.2, 0.25) is 5.91 Å². The van der Waals surface area contributed by atoms with Crippen molar-refractivity contribution in [2.45, 2.75) is 19.3 Å². The third kappa shape index (κ3) is 4.52. The van der Waals surface area contributed by atoms with E-state index in [1.807, 2.05) is 36.4 Å². The Kier molecular flexibility index (Phi) is 6.07. The second-order valence-electron chi connectivity index (χ2n) is 5.85. The molecule has 0 aliphatic rings. The highest BCUT2D eigenvalue weighted by Gasteiger charge is 2.09. The largest absolute Gasteiger partial charge is 0.497 e. The van der Waals surface area contributed by atoms with Crippen LogP contribution in [0.5, 0.6) is 11.5 Å². The SMILES string of the molecule is COc1ccc(OC)c(CCC(=O)NCCc2nc3ccccc3s2)c1. The lowest BCUT2D eigenvalue weighted by atomic mass is 10.1. The van der Waals surface area contributed by atoms with E-state index < -0.39 is 0 Å². The van der Waals surface area contributed by atoms with E-state index in [1.54, 1.807) is 25.6 Å². The van der Waals surface area contributed by atoms with Gasteiger partial charge in [0, 0.05) is 19.4 Å². The Morgan fingerprint density at radius 1 is 1.12 bits per heavy atom. The van der Waals surface area contributed by atoms with Gasteiger partial charge in [0.1, 0.15) is 11.5 Å². The molecule has 2 aromatic carbocycles. The zero-order valence-corrected chi connectivity index (χ0v) is 15.8. The first-order valence-corrected chi connectivity index (χ1v) is 9.33. The number of carbonyl (C=O) groups is 1. The van der Waals surface area contributed by atoms with E-state index in [2.05, 4.69) is 16.4 Å². The fourth-order valence-electron chi connectivity index (χ4n) is 2.75. The first kappa shape index (κ1) is 18.2. The number of hydrogen-bond acceptors (Lipinski definition) is 5. The number of thiazole rings is 1. The van der Waals surface area contributed by atoms with Crippen LogP contribution in [0.3, 0.4) is 0 Å². The van der Waals surface area contributed by atoms with Gasteiger partial charge in [-0.2, -0.15) is 0 Å². The number of nitrogens with one attached hydrogen (secondary N) is 1. The average molecular weight is 370 g/mol. The number of rotatable bonds is 8. The summed E-state index contributed by atoms with van der Waals surface area (Å²) in [6.07, 6.45) is 1.75. The number of aromatic nitrogens is 1. The second kappa shape index (κ2) is 8.67. The molecule has 3 rings (SSSR count). The van der Waals surface area contributed by atoms with E-state index in [1.165, 1.54) is 4.70 Å². The Balaban J connectivity index is 1.48. The molecular formula is C20H22N2O3S. The molecule has 3 aromatic rings. The van der Waals surface area contributed by atoms with Crippen LogP contribution in [-0.2, 0) is 17.6 Å². The minimum absolute atomic E-state index is 0.0241. The van der Waals surface area contributed by atoms with Crippen molar-refractivity contribution in [2.75, 3.05) is 20.8 Å². The molecule has 0 saturated heterocycles. The molecule has 0 atom stereocenters. The van der Waals surface area contributed by atoms with Crippen molar-refractivity contribution >= 4 is 27.5 Å². The zero-order chi connectivity index (χ0) is 18.4. The van der Waals surface area contributed by atoms with Crippen molar-refractivity contribution in [1.82, 2.24) is 10.3 Å². The highest BCUT2D eigenvalue weighted by Crippen LogP contribution is 2.25. The summed E-state index contributed by atoms with van der Waals surface area (Å²) in [5.74, 6) is 1.56. The molecule has 1 N–H and O–H groups in total. The molecule has 1 amide bonds. The molecule has 5 nitrogen and oxygen atoms in total. The lowest BCUT2D eigenvalue weighted by Gasteiger charge is -2.10. The summed E-state index contributed by atoms with van der Waals surface area (Å²) in [6.45, 7) is 0.591. The van der Waals surface area contributed by atoms with Gasteiger partial charge in [0.25, 0.3) is 0 Å². The van der Waals surface area contributed by atoms with Gasteiger partial charge in [-0.15, -0.1) is 11.3 Å². The smallest absolute Gasteiger partial charge is 0.220 e. The van der Waals surface area contributed by atoms with E-state index in [4.69, 9.17) is 9.47 Å². The quantitative estimate of drug-likeness (QED) is 0.658. The zero-order valence-electron chi connectivity index (χ0n) is 15.0. The summed E-state index contributed by atoms with van der Waals surface area (Å²) in [6, 6.07) is 13.7. The first-order chi connectivity index (χ1) is 12.7. The summed E-state index contributed by atoms with van der Waals surface area (Å²) < 4.78 is 11.8. The summed E-state index contributed by atoms with van der Waals surface area (Å²) >= 11 is 1.68. The van der Waals surface area contributed by atoms with Crippen LogP contribution in [0.25, 0.3) is 10.2 Å². The number of aryl methyl sites for hydroxylation is 1. The molecule has 0 aliphatic heterocycles. The molecule has 0 unspecified atom stereocenters. The number of amides is 1. The first-order valence-electron chi connectivity index (χ1n) is 8.51. The fraction of sp³-hybridized carbons (Fsp3) is 0.300. The molecular weight excluding hydrogens is 348 g/mol. The van der Waals surface area contributed by atoms with E-state index in [0.717, 1.165) is 34.0 Å². The number of ether oxygens (including phenoxy) is 2. The molecule has 0 aliphatic carbocycles. The van der Waals surface area contributed by atoms with Gasteiger partial charge in [-0.1, -0.05) is 12.1 Å². The predicted octanol–water partition coefficient (Wildman–Crippen LogP) is 3.61. The summed E-state index contributed by atoms with van der Waals surface area (Å²) in [5, 5.41) is 4.01. The maximum Gasteiger partial charge on any atom is 0.220 e. The Morgan fingerprint density at radius 2 is 1.96 bits per heavy atom. The van der Waals surface area contributed by atoms with Crippen LogP contribution in [0.4, 0.5) is 0 Å². The minimum Gasteiger partial charge on any atom is -0.497 e. The van der Waals surface area contributed by atoms with E-state index in [0.29, 0.717) is 19.4 Å². The number of carbonyl (C=O) groups excluding carboxylic acids is 1. The normalized spacial score (nSPS) is 10.7. The van der Waals surface area contributed by atoms with Gasteiger partial charge in [-0.3, -0.25) is 4.79 Å². The molecule has 1 aromatic heterocycles.